The topological polar surface area (TPSA) is 69.4 Å². The summed E-state index contributed by atoms with van der Waals surface area (Å²) in [5.74, 6) is -0.810. The van der Waals surface area contributed by atoms with Crippen LogP contribution in [0.25, 0.3) is 0 Å². The average molecular weight is 256 g/mol. The van der Waals surface area contributed by atoms with Crippen LogP contribution >= 0.6 is 11.6 Å². The molecular weight excluding hydrogens is 242 g/mol. The van der Waals surface area contributed by atoms with Crippen molar-refractivity contribution in [1.82, 2.24) is 0 Å². The summed E-state index contributed by atoms with van der Waals surface area (Å²) in [6.45, 7) is 3.29. The standard InChI is InChI=1S/C12H14ClNO3/c1-3-17-12(16)10-8(11(13)7(2)15)5-4-6-9(10)14/h4-6,11H,3,14H2,1-2H3. The van der Waals surface area contributed by atoms with Gasteiger partial charge in [0.1, 0.15) is 5.38 Å². The molecule has 1 atom stereocenters. The van der Waals surface area contributed by atoms with Gasteiger partial charge in [-0.25, -0.2) is 4.79 Å². The number of halogens is 1. The van der Waals surface area contributed by atoms with Gasteiger partial charge in [-0.2, -0.15) is 0 Å². The number of hydrogen-bond acceptors (Lipinski definition) is 4. The number of benzene rings is 1. The van der Waals surface area contributed by atoms with Crippen LogP contribution in [0, 0.1) is 0 Å². The van der Waals surface area contributed by atoms with Crippen LogP contribution < -0.4 is 5.73 Å². The van der Waals surface area contributed by atoms with Gasteiger partial charge in [0.2, 0.25) is 0 Å². The molecule has 1 unspecified atom stereocenters. The number of ether oxygens (including phenoxy) is 1. The first-order valence-electron chi connectivity index (χ1n) is 5.19. The number of ketones is 1. The Labute approximate surface area is 105 Å². The summed E-state index contributed by atoms with van der Waals surface area (Å²) in [4.78, 5) is 23.0. The molecule has 0 saturated carbocycles. The van der Waals surface area contributed by atoms with E-state index in [1.807, 2.05) is 0 Å². The number of anilines is 1. The molecule has 4 nitrogen and oxygen atoms in total. The Morgan fingerprint density at radius 2 is 2.12 bits per heavy atom. The molecule has 2 N–H and O–H groups in total. The van der Waals surface area contributed by atoms with Crippen LogP contribution in [0.2, 0.25) is 0 Å². The SMILES string of the molecule is CCOC(=O)c1c(N)cccc1C(Cl)C(C)=O. The van der Waals surface area contributed by atoms with Crippen molar-refractivity contribution in [3.8, 4) is 0 Å². The van der Waals surface area contributed by atoms with Gasteiger partial charge in [0.05, 0.1) is 12.2 Å². The van der Waals surface area contributed by atoms with Gasteiger partial charge in [0, 0.05) is 5.69 Å². The molecule has 5 heteroatoms. The highest BCUT2D eigenvalue weighted by Crippen LogP contribution is 2.29. The smallest absolute Gasteiger partial charge is 0.340 e. The van der Waals surface area contributed by atoms with Crippen LogP contribution in [0.4, 0.5) is 5.69 Å². The van der Waals surface area contributed by atoms with Crippen LogP contribution in [0.5, 0.6) is 0 Å². The number of carbonyl (C=O) groups excluding carboxylic acids is 2. The Bertz CT molecular complexity index is 445. The van der Waals surface area contributed by atoms with Crippen molar-refractivity contribution in [2.75, 3.05) is 12.3 Å². The zero-order valence-electron chi connectivity index (χ0n) is 9.70. The number of nitrogen functional groups attached to an aromatic ring is 1. The Morgan fingerprint density at radius 1 is 1.47 bits per heavy atom. The van der Waals surface area contributed by atoms with Gasteiger partial charge in [-0.1, -0.05) is 12.1 Å². The molecule has 0 amide bonds. The number of hydrogen-bond donors (Lipinski definition) is 1. The molecule has 1 rings (SSSR count). The first-order valence-corrected chi connectivity index (χ1v) is 5.62. The van der Waals surface area contributed by atoms with Crippen molar-refractivity contribution in [3.63, 3.8) is 0 Å². The summed E-state index contributed by atoms with van der Waals surface area (Å²) in [5.41, 5.74) is 6.53. The lowest BCUT2D eigenvalue weighted by Gasteiger charge is -2.13. The van der Waals surface area contributed by atoms with Gasteiger partial charge in [-0.05, 0) is 25.5 Å². The van der Waals surface area contributed by atoms with Crippen molar-refractivity contribution in [3.05, 3.63) is 29.3 Å². The highest BCUT2D eigenvalue weighted by molar-refractivity contribution is 6.31. The Balaban J connectivity index is 3.26. The molecule has 0 aliphatic heterocycles. The number of nitrogens with two attached hydrogens (primary N) is 1. The predicted octanol–water partition coefficient (Wildman–Crippen LogP) is 2.31. The average Bonchev–Trinajstić information content (AvgIpc) is 2.27. The van der Waals surface area contributed by atoms with E-state index in [0.29, 0.717) is 5.56 Å². The molecule has 0 saturated heterocycles. The number of esters is 1. The maximum absolute atomic E-state index is 11.7. The summed E-state index contributed by atoms with van der Waals surface area (Å²) < 4.78 is 4.89. The molecule has 0 fully saturated rings. The molecule has 17 heavy (non-hydrogen) atoms. The molecule has 92 valence electrons. The normalized spacial score (nSPS) is 11.9. The van der Waals surface area contributed by atoms with Crippen LogP contribution in [0.3, 0.4) is 0 Å². The fraction of sp³-hybridized carbons (Fsp3) is 0.333. The number of alkyl halides is 1. The van der Waals surface area contributed by atoms with Crippen molar-refractivity contribution >= 4 is 29.0 Å². The molecule has 0 heterocycles. The van der Waals surface area contributed by atoms with Gasteiger partial charge in [-0.15, -0.1) is 11.6 Å². The molecular formula is C12H14ClNO3. The van der Waals surface area contributed by atoms with E-state index in [4.69, 9.17) is 22.1 Å². The van der Waals surface area contributed by atoms with Crippen LogP contribution in [-0.2, 0) is 9.53 Å². The molecule has 1 aromatic carbocycles. The maximum Gasteiger partial charge on any atom is 0.340 e. The minimum atomic E-state index is -0.891. The molecule has 0 radical (unpaired) electrons. The second-order valence-corrected chi connectivity index (χ2v) is 3.94. The van der Waals surface area contributed by atoms with Gasteiger partial charge >= 0.3 is 5.97 Å². The Morgan fingerprint density at radius 3 is 2.65 bits per heavy atom. The number of Topliss-reactive ketones (excluding diaryl/α,β-unsaturated/α-hetero) is 1. The fourth-order valence-electron chi connectivity index (χ4n) is 1.46. The zero-order valence-corrected chi connectivity index (χ0v) is 10.5. The molecule has 0 spiro atoms. The third kappa shape index (κ3) is 2.97. The third-order valence-electron chi connectivity index (χ3n) is 2.24. The summed E-state index contributed by atoms with van der Waals surface area (Å²) in [6.07, 6.45) is 0. The third-order valence-corrected chi connectivity index (χ3v) is 2.78. The minimum absolute atomic E-state index is 0.171. The minimum Gasteiger partial charge on any atom is -0.462 e. The Hall–Kier alpha value is -1.55. The summed E-state index contributed by atoms with van der Waals surface area (Å²) in [6, 6.07) is 4.81. The fourth-order valence-corrected chi connectivity index (χ4v) is 1.64. The summed E-state index contributed by atoms with van der Waals surface area (Å²) >= 11 is 5.95. The second-order valence-electron chi connectivity index (χ2n) is 3.51. The molecule has 1 aromatic rings. The highest BCUT2D eigenvalue weighted by Gasteiger charge is 2.23. The van der Waals surface area contributed by atoms with Crippen molar-refractivity contribution in [1.29, 1.82) is 0 Å². The lowest BCUT2D eigenvalue weighted by atomic mass is 10.0. The first kappa shape index (κ1) is 13.5. The number of carbonyl (C=O) groups is 2. The first-order chi connectivity index (χ1) is 7.99. The zero-order chi connectivity index (χ0) is 13.0. The van der Waals surface area contributed by atoms with Gasteiger partial charge in [0.15, 0.2) is 5.78 Å². The van der Waals surface area contributed by atoms with Gasteiger partial charge < -0.3 is 10.5 Å². The quantitative estimate of drug-likeness (QED) is 0.509. The van der Waals surface area contributed by atoms with E-state index < -0.39 is 11.3 Å². The predicted molar refractivity (Wildman–Crippen MR) is 66.1 cm³/mol. The monoisotopic (exact) mass is 255 g/mol. The van der Waals surface area contributed by atoms with E-state index in [-0.39, 0.29) is 23.6 Å². The molecule has 0 bridgehead atoms. The van der Waals surface area contributed by atoms with E-state index >= 15 is 0 Å². The number of rotatable bonds is 4. The molecule has 0 aliphatic carbocycles. The van der Waals surface area contributed by atoms with Gasteiger partial charge in [0.25, 0.3) is 0 Å². The van der Waals surface area contributed by atoms with Crippen LogP contribution in [0.1, 0.15) is 35.1 Å². The highest BCUT2D eigenvalue weighted by atomic mass is 35.5. The van der Waals surface area contributed by atoms with E-state index in [0.717, 1.165) is 0 Å². The molecule has 0 aliphatic rings. The van der Waals surface area contributed by atoms with Crippen molar-refractivity contribution in [2.45, 2.75) is 19.2 Å². The van der Waals surface area contributed by atoms with Crippen LogP contribution in [-0.4, -0.2) is 18.4 Å². The maximum atomic E-state index is 11.7. The van der Waals surface area contributed by atoms with E-state index in [9.17, 15) is 9.59 Å². The second kappa shape index (κ2) is 5.68. The summed E-state index contributed by atoms with van der Waals surface area (Å²) in [5, 5.41) is -0.891. The molecule has 0 aromatic heterocycles. The van der Waals surface area contributed by atoms with Crippen molar-refractivity contribution in [2.24, 2.45) is 0 Å². The van der Waals surface area contributed by atoms with E-state index in [2.05, 4.69) is 0 Å². The van der Waals surface area contributed by atoms with E-state index in [1.54, 1.807) is 25.1 Å². The van der Waals surface area contributed by atoms with Crippen LogP contribution in [0.15, 0.2) is 18.2 Å². The van der Waals surface area contributed by atoms with Gasteiger partial charge in [-0.3, -0.25) is 4.79 Å². The Kier molecular flexibility index (Phi) is 4.52. The van der Waals surface area contributed by atoms with E-state index in [1.165, 1.54) is 6.92 Å². The lowest BCUT2D eigenvalue weighted by molar-refractivity contribution is -0.116. The lowest BCUT2D eigenvalue weighted by Crippen LogP contribution is -2.14. The largest absolute Gasteiger partial charge is 0.462 e. The van der Waals surface area contributed by atoms with Crippen molar-refractivity contribution < 1.29 is 14.3 Å². The summed E-state index contributed by atoms with van der Waals surface area (Å²) in [7, 11) is 0.